The summed E-state index contributed by atoms with van der Waals surface area (Å²) in [4.78, 5) is 0. The average Bonchev–Trinajstić information content (AvgIpc) is 2.39. The second kappa shape index (κ2) is 3.71. The zero-order chi connectivity index (χ0) is 8.27. The molecule has 0 aliphatic heterocycles. The van der Waals surface area contributed by atoms with Crippen LogP contribution >= 0.6 is 11.3 Å². The summed E-state index contributed by atoms with van der Waals surface area (Å²) in [5.41, 5.74) is 0. The molecule has 0 aromatic carbocycles. The van der Waals surface area contributed by atoms with Gasteiger partial charge in [-0.05, 0) is 18.4 Å². The van der Waals surface area contributed by atoms with Gasteiger partial charge in [0.1, 0.15) is 11.9 Å². The fourth-order valence-corrected chi connectivity index (χ4v) is 1.12. The predicted octanol–water partition coefficient (Wildman–Crippen LogP) is 0.826. The van der Waals surface area contributed by atoms with E-state index in [1.807, 2.05) is 5.38 Å². The van der Waals surface area contributed by atoms with Crippen LogP contribution in [0.1, 0.15) is 6.92 Å². The minimum absolute atomic E-state index is 0.586. The summed E-state index contributed by atoms with van der Waals surface area (Å²) in [6.45, 7) is 1.47. The molecule has 0 amide bonds. The van der Waals surface area contributed by atoms with E-state index in [0.717, 1.165) is 0 Å². The molecule has 2 N–H and O–H groups in total. The van der Waals surface area contributed by atoms with Gasteiger partial charge in [0.05, 0.1) is 0 Å². The molecular weight excluding hydrogens is 164 g/mol. The number of hydrogen-bond donors (Lipinski definition) is 2. The second-order valence-electron chi connectivity index (χ2n) is 2.21. The molecule has 0 bridgehead atoms. The van der Waals surface area contributed by atoms with E-state index in [1.54, 1.807) is 11.4 Å². The zero-order valence-corrected chi connectivity index (χ0v) is 6.91. The summed E-state index contributed by atoms with van der Waals surface area (Å²) >= 11 is 1.48. The smallest absolute Gasteiger partial charge is 0.223 e. The molecule has 0 aliphatic rings. The lowest BCUT2D eigenvalue weighted by Gasteiger charge is -2.13. The molecule has 0 aliphatic carbocycles. The Morgan fingerprint density at radius 1 is 1.55 bits per heavy atom. The minimum atomic E-state index is -1.13. The van der Waals surface area contributed by atoms with E-state index in [-0.39, 0.29) is 0 Å². The minimum Gasteiger partial charge on any atom is -0.461 e. The maximum absolute atomic E-state index is 9.03. The highest BCUT2D eigenvalue weighted by atomic mass is 32.1. The van der Waals surface area contributed by atoms with Crippen molar-refractivity contribution in [3.8, 4) is 5.75 Å². The highest BCUT2D eigenvalue weighted by Crippen LogP contribution is 2.16. The maximum Gasteiger partial charge on any atom is 0.223 e. The molecule has 4 heteroatoms. The molecule has 0 saturated heterocycles. The van der Waals surface area contributed by atoms with E-state index in [0.29, 0.717) is 5.75 Å². The summed E-state index contributed by atoms with van der Waals surface area (Å²) in [6.07, 6.45) is -2.00. The van der Waals surface area contributed by atoms with Gasteiger partial charge in [0, 0.05) is 5.38 Å². The van der Waals surface area contributed by atoms with Crippen LogP contribution in [-0.2, 0) is 0 Å². The Bertz CT molecular complexity index is 195. The number of aliphatic hydroxyl groups excluding tert-OH is 2. The van der Waals surface area contributed by atoms with Crippen molar-refractivity contribution in [3.05, 3.63) is 16.8 Å². The highest BCUT2D eigenvalue weighted by Gasteiger charge is 2.11. The quantitative estimate of drug-likeness (QED) is 0.667. The van der Waals surface area contributed by atoms with Gasteiger partial charge in [-0.15, -0.1) is 11.3 Å². The fourth-order valence-electron chi connectivity index (χ4n) is 0.557. The monoisotopic (exact) mass is 174 g/mol. The van der Waals surface area contributed by atoms with Crippen molar-refractivity contribution >= 4 is 11.3 Å². The molecule has 0 saturated carbocycles. The standard InChI is InChI=1S/C7H10O3S/c1-5(8)7(9)10-6-2-3-11-4-6/h2-5,7-9H,1H3. The van der Waals surface area contributed by atoms with Gasteiger partial charge < -0.3 is 14.9 Å². The number of rotatable bonds is 3. The molecule has 11 heavy (non-hydrogen) atoms. The van der Waals surface area contributed by atoms with Crippen LogP contribution in [0.5, 0.6) is 5.75 Å². The Morgan fingerprint density at radius 2 is 2.27 bits per heavy atom. The predicted molar refractivity (Wildman–Crippen MR) is 42.6 cm³/mol. The van der Waals surface area contributed by atoms with E-state index in [4.69, 9.17) is 14.9 Å². The number of thiophene rings is 1. The molecule has 2 atom stereocenters. The topological polar surface area (TPSA) is 49.7 Å². The third kappa shape index (κ3) is 2.49. The van der Waals surface area contributed by atoms with Gasteiger partial charge in [-0.2, -0.15) is 0 Å². The Hall–Kier alpha value is -0.580. The molecule has 1 heterocycles. The lowest BCUT2D eigenvalue weighted by molar-refractivity contribution is -0.0956. The normalized spacial score (nSPS) is 15.9. The average molecular weight is 174 g/mol. The van der Waals surface area contributed by atoms with Crippen molar-refractivity contribution in [3.63, 3.8) is 0 Å². The van der Waals surface area contributed by atoms with Gasteiger partial charge in [-0.25, -0.2) is 0 Å². The summed E-state index contributed by atoms with van der Waals surface area (Å²) in [6, 6.07) is 1.73. The summed E-state index contributed by atoms with van der Waals surface area (Å²) in [7, 11) is 0. The lowest BCUT2D eigenvalue weighted by Crippen LogP contribution is -2.28. The molecular formula is C7H10O3S. The van der Waals surface area contributed by atoms with E-state index in [2.05, 4.69) is 0 Å². The van der Waals surface area contributed by atoms with Crippen LogP contribution in [0, 0.1) is 0 Å². The Labute approximate surface area is 68.9 Å². The van der Waals surface area contributed by atoms with Crippen molar-refractivity contribution < 1.29 is 14.9 Å². The molecule has 0 spiro atoms. The van der Waals surface area contributed by atoms with Gasteiger partial charge in [-0.3, -0.25) is 0 Å². The SMILES string of the molecule is CC(O)C(O)Oc1ccsc1. The lowest BCUT2D eigenvalue weighted by atomic mass is 10.4. The highest BCUT2D eigenvalue weighted by molar-refractivity contribution is 7.08. The molecule has 2 unspecified atom stereocenters. The molecule has 0 fully saturated rings. The molecule has 1 aromatic heterocycles. The fraction of sp³-hybridized carbons (Fsp3) is 0.429. The maximum atomic E-state index is 9.03. The third-order valence-electron chi connectivity index (χ3n) is 1.16. The molecule has 1 aromatic rings. The number of hydrogen-bond acceptors (Lipinski definition) is 4. The Kier molecular flexibility index (Phi) is 2.87. The first-order valence-electron chi connectivity index (χ1n) is 3.25. The van der Waals surface area contributed by atoms with E-state index >= 15 is 0 Å². The van der Waals surface area contributed by atoms with E-state index in [1.165, 1.54) is 18.3 Å². The Morgan fingerprint density at radius 3 is 2.73 bits per heavy atom. The first-order valence-corrected chi connectivity index (χ1v) is 4.19. The van der Waals surface area contributed by atoms with Gasteiger partial charge in [0.2, 0.25) is 6.29 Å². The molecule has 62 valence electrons. The van der Waals surface area contributed by atoms with E-state index < -0.39 is 12.4 Å². The zero-order valence-electron chi connectivity index (χ0n) is 6.10. The second-order valence-corrected chi connectivity index (χ2v) is 2.99. The van der Waals surface area contributed by atoms with Crippen LogP contribution < -0.4 is 4.74 Å². The van der Waals surface area contributed by atoms with Gasteiger partial charge >= 0.3 is 0 Å². The van der Waals surface area contributed by atoms with Crippen molar-refractivity contribution in [2.75, 3.05) is 0 Å². The van der Waals surface area contributed by atoms with Crippen LogP contribution in [0.25, 0.3) is 0 Å². The van der Waals surface area contributed by atoms with Gasteiger partial charge in [-0.1, -0.05) is 0 Å². The number of aliphatic hydroxyl groups is 2. The first kappa shape index (κ1) is 8.52. The van der Waals surface area contributed by atoms with Gasteiger partial charge in [0.25, 0.3) is 0 Å². The van der Waals surface area contributed by atoms with Crippen molar-refractivity contribution in [2.24, 2.45) is 0 Å². The van der Waals surface area contributed by atoms with Crippen molar-refractivity contribution in [1.82, 2.24) is 0 Å². The molecule has 0 radical (unpaired) electrons. The van der Waals surface area contributed by atoms with Crippen molar-refractivity contribution in [1.29, 1.82) is 0 Å². The Balaban J connectivity index is 2.43. The van der Waals surface area contributed by atoms with Crippen LogP contribution in [0.3, 0.4) is 0 Å². The van der Waals surface area contributed by atoms with Crippen LogP contribution in [0.4, 0.5) is 0 Å². The number of ether oxygens (including phenoxy) is 1. The molecule has 3 nitrogen and oxygen atoms in total. The largest absolute Gasteiger partial charge is 0.461 e. The van der Waals surface area contributed by atoms with Crippen molar-refractivity contribution in [2.45, 2.75) is 19.3 Å². The summed E-state index contributed by atoms with van der Waals surface area (Å²) < 4.78 is 4.93. The summed E-state index contributed by atoms with van der Waals surface area (Å²) in [5.74, 6) is 0.586. The van der Waals surface area contributed by atoms with Crippen LogP contribution in [0.15, 0.2) is 16.8 Å². The van der Waals surface area contributed by atoms with Crippen LogP contribution in [0.2, 0.25) is 0 Å². The molecule has 1 rings (SSSR count). The third-order valence-corrected chi connectivity index (χ3v) is 1.83. The first-order chi connectivity index (χ1) is 5.20. The van der Waals surface area contributed by atoms with Crippen LogP contribution in [-0.4, -0.2) is 22.6 Å². The summed E-state index contributed by atoms with van der Waals surface area (Å²) in [5, 5.41) is 21.5. The van der Waals surface area contributed by atoms with E-state index in [9.17, 15) is 0 Å². The van der Waals surface area contributed by atoms with Gasteiger partial charge in [0.15, 0.2) is 0 Å².